The number of oxime groups is 1. The number of ether oxygens (including phenoxy) is 1. The predicted octanol–water partition coefficient (Wildman–Crippen LogP) is 4.25. The van der Waals surface area contributed by atoms with Gasteiger partial charge >= 0.3 is 5.97 Å². The van der Waals surface area contributed by atoms with Crippen LogP contribution in [0, 0.1) is 35.0 Å². The fraction of sp³-hybridized carbons (Fsp3) is 0.913. The quantitative estimate of drug-likeness (QED) is 0.339. The molecule has 0 radical (unpaired) electrons. The van der Waals surface area contributed by atoms with Crippen molar-refractivity contribution < 1.29 is 25.0 Å². The molecular formula is C23H43NO5. The third kappa shape index (κ3) is 5.94. The van der Waals surface area contributed by atoms with Crippen molar-refractivity contribution in [2.45, 2.75) is 99.4 Å². The fourth-order valence-electron chi connectivity index (χ4n) is 5.14. The van der Waals surface area contributed by atoms with Gasteiger partial charge in [0.1, 0.15) is 11.7 Å². The highest BCUT2D eigenvalue weighted by molar-refractivity contribution is 5.88. The molecule has 1 aliphatic heterocycles. The van der Waals surface area contributed by atoms with Gasteiger partial charge < -0.3 is 20.2 Å². The molecule has 0 saturated carbocycles. The minimum atomic E-state index is -1.67. The minimum absolute atomic E-state index is 0.0457. The zero-order valence-corrected chi connectivity index (χ0v) is 19.8. The Balaban J connectivity index is 3.42. The second-order valence-corrected chi connectivity index (χ2v) is 10.4. The second kappa shape index (κ2) is 9.78. The molecular weight excluding hydrogens is 370 g/mol. The van der Waals surface area contributed by atoms with Crippen molar-refractivity contribution in [1.29, 1.82) is 0 Å². The Labute approximate surface area is 176 Å². The van der Waals surface area contributed by atoms with Crippen LogP contribution in [0.5, 0.6) is 0 Å². The molecule has 1 fully saturated rings. The second-order valence-electron chi connectivity index (χ2n) is 10.4. The Kier molecular flexibility index (Phi) is 8.73. The van der Waals surface area contributed by atoms with E-state index in [0.717, 1.165) is 12.8 Å². The van der Waals surface area contributed by atoms with Crippen LogP contribution >= 0.6 is 0 Å². The van der Waals surface area contributed by atoms with E-state index >= 15 is 0 Å². The van der Waals surface area contributed by atoms with Gasteiger partial charge in [-0.15, -0.1) is 0 Å². The van der Waals surface area contributed by atoms with Gasteiger partial charge in [-0.1, -0.05) is 60.5 Å². The first-order valence-corrected chi connectivity index (χ1v) is 11.0. The van der Waals surface area contributed by atoms with Crippen LogP contribution in [0.4, 0.5) is 0 Å². The lowest BCUT2D eigenvalue weighted by Gasteiger charge is -2.41. The van der Waals surface area contributed by atoms with Crippen LogP contribution in [-0.2, 0) is 9.53 Å². The number of carbonyl (C=O) groups excluding carboxylic acids is 1. The number of aliphatic hydroxyl groups is 2. The molecule has 1 rings (SSSR count). The first-order chi connectivity index (χ1) is 13.2. The first-order valence-electron chi connectivity index (χ1n) is 11.0. The van der Waals surface area contributed by atoms with E-state index in [0.29, 0.717) is 18.1 Å². The lowest BCUT2D eigenvalue weighted by atomic mass is 9.69. The van der Waals surface area contributed by atoms with Crippen molar-refractivity contribution in [1.82, 2.24) is 0 Å². The number of aliphatic hydroxyl groups excluding tert-OH is 1. The van der Waals surface area contributed by atoms with Crippen molar-refractivity contribution in [3.8, 4) is 0 Å². The fourth-order valence-corrected chi connectivity index (χ4v) is 5.14. The summed E-state index contributed by atoms with van der Waals surface area (Å²) < 4.78 is 5.71. The van der Waals surface area contributed by atoms with Gasteiger partial charge in [0, 0.05) is 5.92 Å². The van der Waals surface area contributed by atoms with Gasteiger partial charge in [-0.05, 0) is 49.4 Å². The molecule has 1 heterocycles. The van der Waals surface area contributed by atoms with Crippen LogP contribution in [0.2, 0.25) is 0 Å². The maximum atomic E-state index is 12.8. The number of hydrogen-bond donors (Lipinski definition) is 3. The molecule has 6 nitrogen and oxygen atoms in total. The van der Waals surface area contributed by atoms with Crippen molar-refractivity contribution in [2.75, 3.05) is 0 Å². The Hall–Kier alpha value is -1.14. The highest BCUT2D eigenvalue weighted by Gasteiger charge is 2.46. The number of rotatable bonds is 1. The number of esters is 1. The summed E-state index contributed by atoms with van der Waals surface area (Å²) in [6.07, 6.45) is -0.0365. The number of carbonyl (C=O) groups is 1. The lowest BCUT2D eigenvalue weighted by Crippen LogP contribution is -2.56. The largest absolute Gasteiger partial charge is 0.459 e. The summed E-state index contributed by atoms with van der Waals surface area (Å²) in [6, 6.07) is 0. The molecule has 1 saturated heterocycles. The van der Waals surface area contributed by atoms with Crippen LogP contribution in [0.1, 0.15) is 81.6 Å². The maximum Gasteiger partial charge on any atom is 0.309 e. The summed E-state index contributed by atoms with van der Waals surface area (Å²) in [6.45, 7) is 17.5. The lowest BCUT2D eigenvalue weighted by molar-refractivity contribution is -0.187. The monoisotopic (exact) mass is 413 g/mol. The highest BCUT2D eigenvalue weighted by atomic mass is 16.6. The van der Waals surface area contributed by atoms with Gasteiger partial charge in [0.05, 0.1) is 17.7 Å². The molecule has 29 heavy (non-hydrogen) atoms. The Morgan fingerprint density at radius 3 is 2.10 bits per heavy atom. The molecule has 0 bridgehead atoms. The van der Waals surface area contributed by atoms with E-state index in [1.54, 1.807) is 6.92 Å². The summed E-state index contributed by atoms with van der Waals surface area (Å²) in [5.74, 6) is -0.921. The Morgan fingerprint density at radius 1 is 1.07 bits per heavy atom. The predicted molar refractivity (Wildman–Crippen MR) is 115 cm³/mol. The van der Waals surface area contributed by atoms with Gasteiger partial charge in [-0.3, -0.25) is 4.79 Å². The third-order valence-electron chi connectivity index (χ3n) is 7.23. The van der Waals surface area contributed by atoms with Crippen molar-refractivity contribution >= 4 is 11.7 Å². The van der Waals surface area contributed by atoms with E-state index in [4.69, 9.17) is 4.74 Å². The molecule has 3 N–H and O–H groups in total. The molecule has 6 heteroatoms. The number of hydrogen-bond acceptors (Lipinski definition) is 6. The van der Waals surface area contributed by atoms with E-state index in [2.05, 4.69) is 32.9 Å². The normalized spacial score (nSPS) is 44.2. The summed E-state index contributed by atoms with van der Waals surface area (Å²) in [5, 5.41) is 35.3. The number of nitrogens with zero attached hydrogens (tertiary/aromatic N) is 1. The van der Waals surface area contributed by atoms with E-state index < -0.39 is 23.7 Å². The molecule has 0 aromatic carbocycles. The first kappa shape index (κ1) is 25.9. The standard InChI is InChI=1S/C23H43NO5/c1-10-18-23(9,27)20(25)17(6)19(24-28)14(3)12-22(7,8)11-13(2)15(4)16(5)21(26)29-18/h13-18,20,25,27-28H,10-12H2,1-9H3/b24-19+/t13-,14-,15+,16?,17?,18-,20?,23-/m1/s1. The molecule has 8 atom stereocenters. The molecule has 0 spiro atoms. The van der Waals surface area contributed by atoms with Crippen molar-refractivity contribution in [3.63, 3.8) is 0 Å². The van der Waals surface area contributed by atoms with Crippen LogP contribution < -0.4 is 0 Å². The van der Waals surface area contributed by atoms with E-state index in [1.807, 2.05) is 20.8 Å². The van der Waals surface area contributed by atoms with Gasteiger partial charge in [0.15, 0.2) is 0 Å². The third-order valence-corrected chi connectivity index (χ3v) is 7.23. The number of cyclic esters (lactones) is 1. The average molecular weight is 414 g/mol. The van der Waals surface area contributed by atoms with Gasteiger partial charge in [0.25, 0.3) is 0 Å². The smallest absolute Gasteiger partial charge is 0.309 e. The van der Waals surface area contributed by atoms with Crippen LogP contribution in [0.15, 0.2) is 5.16 Å². The molecule has 0 aromatic rings. The SMILES string of the molecule is CC[C@H]1OC(=O)C(C)[C@@H](C)[C@H](C)CC(C)(C)C[C@@H](C)/C(=N\O)C(C)C(O)[C@]1(C)O. The zero-order chi connectivity index (χ0) is 22.7. The van der Waals surface area contributed by atoms with E-state index in [1.165, 1.54) is 6.92 Å². The molecule has 170 valence electrons. The van der Waals surface area contributed by atoms with Gasteiger partial charge in [-0.2, -0.15) is 0 Å². The Morgan fingerprint density at radius 2 is 1.62 bits per heavy atom. The highest BCUT2D eigenvalue weighted by Crippen LogP contribution is 2.39. The summed E-state index contributed by atoms with van der Waals surface area (Å²) in [7, 11) is 0. The molecule has 0 aliphatic carbocycles. The summed E-state index contributed by atoms with van der Waals surface area (Å²) in [5.41, 5.74) is -1.26. The van der Waals surface area contributed by atoms with Gasteiger partial charge in [-0.25, -0.2) is 0 Å². The Bertz CT molecular complexity index is 586. The molecule has 3 unspecified atom stereocenters. The summed E-state index contributed by atoms with van der Waals surface area (Å²) in [4.78, 5) is 12.8. The zero-order valence-electron chi connectivity index (χ0n) is 19.8. The van der Waals surface area contributed by atoms with Crippen molar-refractivity contribution in [2.24, 2.45) is 40.2 Å². The van der Waals surface area contributed by atoms with E-state index in [9.17, 15) is 20.2 Å². The van der Waals surface area contributed by atoms with Crippen LogP contribution in [0.3, 0.4) is 0 Å². The minimum Gasteiger partial charge on any atom is -0.459 e. The van der Waals surface area contributed by atoms with Crippen LogP contribution in [-0.4, -0.2) is 44.9 Å². The molecule has 0 aromatic heterocycles. The molecule has 0 amide bonds. The van der Waals surface area contributed by atoms with E-state index in [-0.39, 0.29) is 29.1 Å². The van der Waals surface area contributed by atoms with Crippen molar-refractivity contribution in [3.05, 3.63) is 0 Å². The van der Waals surface area contributed by atoms with Crippen LogP contribution in [0.25, 0.3) is 0 Å². The van der Waals surface area contributed by atoms with Gasteiger partial charge in [0.2, 0.25) is 0 Å². The average Bonchev–Trinajstić information content (AvgIpc) is 2.62. The topological polar surface area (TPSA) is 99.4 Å². The molecule has 1 aliphatic rings. The summed E-state index contributed by atoms with van der Waals surface area (Å²) >= 11 is 0. The maximum absolute atomic E-state index is 12.8.